The Hall–Kier alpha value is -0.340. The second-order valence-electron chi connectivity index (χ2n) is 4.39. The fourth-order valence-corrected chi connectivity index (χ4v) is 2.12. The number of hydrogen-bond acceptors (Lipinski definition) is 5. The Labute approximate surface area is 90.9 Å². The topological polar surface area (TPSA) is 68.2 Å². The van der Waals surface area contributed by atoms with Gasteiger partial charge in [-0.15, -0.1) is 0 Å². The van der Waals surface area contributed by atoms with Crippen LogP contribution < -0.4 is 0 Å². The first kappa shape index (κ1) is 12.1. The van der Waals surface area contributed by atoms with Crippen LogP contribution in [0, 0.1) is 0 Å². The van der Waals surface area contributed by atoms with E-state index >= 15 is 0 Å². The van der Waals surface area contributed by atoms with Crippen molar-refractivity contribution < 1.29 is 33.2 Å². The van der Waals surface area contributed by atoms with Crippen molar-refractivity contribution in [1.82, 2.24) is 0 Å². The van der Waals surface area contributed by atoms with E-state index in [9.17, 15) is 13.9 Å². The average Bonchev–Trinajstić information content (AvgIpc) is 2.58. The smallest absolute Gasteiger partial charge is 0.294 e. The fourth-order valence-electron chi connectivity index (χ4n) is 2.12. The number of fused-ring (bicyclic) bond motifs is 1. The van der Waals surface area contributed by atoms with E-state index in [-0.39, 0.29) is 0 Å². The second-order valence-corrected chi connectivity index (χ2v) is 4.39. The van der Waals surface area contributed by atoms with Crippen molar-refractivity contribution >= 4 is 0 Å². The summed E-state index contributed by atoms with van der Waals surface area (Å²) in [4.78, 5) is 0. The molecule has 0 bridgehead atoms. The third kappa shape index (κ3) is 1.54. The minimum Gasteiger partial charge on any atom is -0.394 e. The monoisotopic (exact) mass is 240 g/mol. The largest absolute Gasteiger partial charge is 0.394 e. The van der Waals surface area contributed by atoms with E-state index in [2.05, 4.69) is 0 Å². The van der Waals surface area contributed by atoms with Crippen LogP contribution in [0.3, 0.4) is 0 Å². The minimum atomic E-state index is -2.97. The Bertz CT molecular complexity index is 285. The molecule has 2 saturated heterocycles. The van der Waals surface area contributed by atoms with Crippen LogP contribution in [0.4, 0.5) is 8.78 Å². The van der Waals surface area contributed by atoms with Crippen molar-refractivity contribution in [3.05, 3.63) is 0 Å². The van der Waals surface area contributed by atoms with E-state index in [1.807, 2.05) is 0 Å². The maximum absolute atomic E-state index is 13.0. The van der Waals surface area contributed by atoms with Gasteiger partial charge in [-0.3, -0.25) is 0 Å². The molecule has 2 aliphatic rings. The Morgan fingerprint density at radius 2 is 1.94 bits per heavy atom. The fraction of sp³-hybridized carbons (Fsp3) is 1.00. The van der Waals surface area contributed by atoms with E-state index < -0.39 is 42.9 Å². The molecule has 4 atom stereocenters. The van der Waals surface area contributed by atoms with Gasteiger partial charge in [0.2, 0.25) is 0 Å². The highest BCUT2D eigenvalue weighted by molar-refractivity contribution is 5.03. The number of hydrogen-bond donors (Lipinski definition) is 2. The predicted octanol–water partition coefficient (Wildman–Crippen LogP) is -0.149. The molecule has 2 rings (SSSR count). The van der Waals surface area contributed by atoms with Crippen LogP contribution in [0.25, 0.3) is 0 Å². The lowest BCUT2D eigenvalue weighted by molar-refractivity contribution is -0.305. The molecule has 0 saturated carbocycles. The van der Waals surface area contributed by atoms with Crippen molar-refractivity contribution in [2.75, 3.05) is 6.61 Å². The quantitative estimate of drug-likeness (QED) is 0.702. The summed E-state index contributed by atoms with van der Waals surface area (Å²) in [6.45, 7) is 2.35. The van der Waals surface area contributed by atoms with Gasteiger partial charge in [0.05, 0.1) is 6.61 Å². The predicted molar refractivity (Wildman–Crippen MR) is 46.7 cm³/mol. The Morgan fingerprint density at radius 3 is 2.38 bits per heavy atom. The summed E-state index contributed by atoms with van der Waals surface area (Å²) in [6.07, 6.45) is -6.71. The molecule has 16 heavy (non-hydrogen) atoms. The van der Waals surface area contributed by atoms with Crippen molar-refractivity contribution in [3.8, 4) is 0 Å². The second kappa shape index (κ2) is 3.58. The molecule has 0 spiro atoms. The lowest BCUT2D eigenvalue weighted by Gasteiger charge is -2.27. The van der Waals surface area contributed by atoms with Crippen LogP contribution in [0.5, 0.6) is 0 Å². The van der Waals surface area contributed by atoms with E-state index in [1.165, 1.54) is 13.8 Å². The summed E-state index contributed by atoms with van der Waals surface area (Å²) in [7, 11) is 0. The van der Waals surface area contributed by atoms with Crippen LogP contribution >= 0.6 is 0 Å². The number of alkyl halides is 2. The lowest BCUT2D eigenvalue weighted by Crippen LogP contribution is -2.47. The number of rotatable bonds is 2. The molecule has 2 N–H and O–H groups in total. The maximum atomic E-state index is 13.0. The molecule has 0 aromatic rings. The molecular weight excluding hydrogens is 226 g/mol. The van der Waals surface area contributed by atoms with Gasteiger partial charge in [-0.25, -0.2) is 8.78 Å². The minimum absolute atomic E-state index is 0.570. The molecule has 4 unspecified atom stereocenters. The normalized spacial score (nSPS) is 46.3. The number of aliphatic hydroxyl groups excluding tert-OH is 2. The van der Waals surface area contributed by atoms with Crippen LogP contribution in [-0.4, -0.2) is 53.1 Å². The van der Waals surface area contributed by atoms with Crippen LogP contribution in [0.1, 0.15) is 13.8 Å². The SMILES string of the molecule is CC1(C)OC2C(O)C(CO)OC2(C(F)F)O1. The first-order valence-corrected chi connectivity index (χ1v) is 4.95. The van der Waals surface area contributed by atoms with Gasteiger partial charge in [0.15, 0.2) is 5.79 Å². The van der Waals surface area contributed by atoms with Gasteiger partial charge in [0, 0.05) is 0 Å². The molecule has 2 aliphatic heterocycles. The van der Waals surface area contributed by atoms with E-state index in [0.717, 1.165) is 0 Å². The number of halogens is 2. The first-order chi connectivity index (χ1) is 7.32. The van der Waals surface area contributed by atoms with Gasteiger partial charge in [-0.05, 0) is 13.8 Å². The molecule has 0 aliphatic carbocycles. The van der Waals surface area contributed by atoms with E-state index in [0.29, 0.717) is 0 Å². The molecule has 0 amide bonds. The molecular formula is C9H14F2O5. The molecule has 5 nitrogen and oxygen atoms in total. The lowest BCUT2D eigenvalue weighted by atomic mass is 10.1. The average molecular weight is 240 g/mol. The van der Waals surface area contributed by atoms with Gasteiger partial charge >= 0.3 is 0 Å². The molecule has 94 valence electrons. The summed E-state index contributed by atoms with van der Waals surface area (Å²) in [6, 6.07) is 0. The highest BCUT2D eigenvalue weighted by atomic mass is 19.3. The summed E-state index contributed by atoms with van der Waals surface area (Å²) in [5.74, 6) is -3.53. The zero-order valence-corrected chi connectivity index (χ0v) is 8.89. The Morgan fingerprint density at radius 1 is 1.31 bits per heavy atom. The molecule has 2 fully saturated rings. The third-order valence-corrected chi connectivity index (χ3v) is 2.72. The molecule has 7 heteroatoms. The first-order valence-electron chi connectivity index (χ1n) is 4.95. The van der Waals surface area contributed by atoms with Crippen molar-refractivity contribution in [2.45, 2.75) is 50.2 Å². The summed E-state index contributed by atoms with van der Waals surface area (Å²) in [5, 5.41) is 18.6. The zero-order chi connectivity index (χ0) is 12.1. The van der Waals surface area contributed by atoms with E-state index in [4.69, 9.17) is 19.3 Å². The molecule has 2 heterocycles. The highest BCUT2D eigenvalue weighted by Crippen LogP contribution is 2.48. The number of ether oxygens (including phenoxy) is 3. The van der Waals surface area contributed by atoms with Crippen molar-refractivity contribution in [2.24, 2.45) is 0 Å². The van der Waals surface area contributed by atoms with Crippen LogP contribution in [-0.2, 0) is 14.2 Å². The van der Waals surface area contributed by atoms with E-state index in [1.54, 1.807) is 0 Å². The Balaban J connectivity index is 2.30. The summed E-state index contributed by atoms with van der Waals surface area (Å²) in [5.41, 5.74) is 0. The molecule has 0 radical (unpaired) electrons. The van der Waals surface area contributed by atoms with Gasteiger partial charge in [-0.1, -0.05) is 0 Å². The third-order valence-electron chi connectivity index (χ3n) is 2.72. The van der Waals surface area contributed by atoms with Gasteiger partial charge in [0.25, 0.3) is 12.2 Å². The summed E-state index contributed by atoms with van der Waals surface area (Å²) >= 11 is 0. The standard InChI is InChI=1S/C9H14F2O5/c1-8(2)15-6-5(13)4(3-12)14-9(6,16-8)7(10)11/h4-7,12-13H,3H2,1-2H3. The molecule has 0 aromatic heterocycles. The van der Waals surface area contributed by atoms with Gasteiger partial charge in [-0.2, -0.15) is 0 Å². The Kier molecular flexibility index (Phi) is 2.71. The van der Waals surface area contributed by atoms with Crippen LogP contribution in [0.2, 0.25) is 0 Å². The molecule has 0 aromatic carbocycles. The maximum Gasteiger partial charge on any atom is 0.294 e. The van der Waals surface area contributed by atoms with Crippen LogP contribution in [0.15, 0.2) is 0 Å². The summed E-state index contributed by atoms with van der Waals surface area (Å²) < 4.78 is 41.2. The highest BCUT2D eigenvalue weighted by Gasteiger charge is 2.69. The van der Waals surface area contributed by atoms with Gasteiger partial charge < -0.3 is 24.4 Å². The van der Waals surface area contributed by atoms with Crippen molar-refractivity contribution in [3.63, 3.8) is 0 Å². The number of aliphatic hydroxyl groups is 2. The zero-order valence-electron chi connectivity index (χ0n) is 8.89. The van der Waals surface area contributed by atoms with Crippen molar-refractivity contribution in [1.29, 1.82) is 0 Å². The van der Waals surface area contributed by atoms with Gasteiger partial charge in [0.1, 0.15) is 18.3 Å².